The second kappa shape index (κ2) is 7.29. The number of esters is 1. The number of halogens is 2. The molecule has 1 aliphatic heterocycles. The van der Waals surface area contributed by atoms with E-state index in [2.05, 4.69) is 5.32 Å². The van der Waals surface area contributed by atoms with Crippen LogP contribution in [0.15, 0.2) is 18.2 Å². The molecule has 1 aromatic carbocycles. The molecule has 1 aliphatic rings. The van der Waals surface area contributed by atoms with Crippen LogP contribution in [-0.2, 0) is 14.3 Å². The number of carbonyl (C=O) groups excluding carboxylic acids is 2. The lowest BCUT2D eigenvalue weighted by Gasteiger charge is -2.44. The van der Waals surface area contributed by atoms with Gasteiger partial charge in [0.2, 0.25) is 5.91 Å². The zero-order valence-electron chi connectivity index (χ0n) is 13.1. The van der Waals surface area contributed by atoms with Gasteiger partial charge in [-0.1, -0.05) is 0 Å². The Balaban J connectivity index is 2.52. The first kappa shape index (κ1) is 18.4. The van der Waals surface area contributed by atoms with Crippen LogP contribution in [0.4, 0.5) is 0 Å². The quantitative estimate of drug-likeness (QED) is 0.648. The van der Waals surface area contributed by atoms with Gasteiger partial charge in [0.15, 0.2) is 6.10 Å². The normalized spacial score (nSPS) is 21.0. The van der Waals surface area contributed by atoms with Crippen LogP contribution in [0.2, 0.25) is 0 Å². The molecule has 0 saturated heterocycles. The number of fused-ring (bicyclic) bond motifs is 1. The van der Waals surface area contributed by atoms with Crippen LogP contribution in [0.1, 0.15) is 31.0 Å². The molecule has 8 heteroatoms. The highest BCUT2D eigenvalue weighted by molar-refractivity contribution is 6.27. The van der Waals surface area contributed by atoms with E-state index in [1.165, 1.54) is 0 Å². The lowest BCUT2D eigenvalue weighted by atomic mass is 9.85. The van der Waals surface area contributed by atoms with Crippen molar-refractivity contribution in [1.82, 2.24) is 5.32 Å². The highest BCUT2D eigenvalue weighted by atomic mass is 35.5. The summed E-state index contributed by atoms with van der Waals surface area (Å²) >= 11 is 11.1. The summed E-state index contributed by atoms with van der Waals surface area (Å²) in [5, 5.41) is 11.8. The molecule has 0 aromatic heterocycles. The van der Waals surface area contributed by atoms with Gasteiger partial charge in [0.25, 0.3) is 0 Å². The van der Waals surface area contributed by atoms with Gasteiger partial charge in [-0.25, -0.2) is 0 Å². The zero-order valence-corrected chi connectivity index (χ0v) is 14.6. The number of nitriles is 1. The number of alkyl halides is 2. The SMILES string of the molecule is CC1(C)Oc2ccc(C#N)cc2C(NC(=O)CCl)C1OC(=O)CCl. The lowest BCUT2D eigenvalue weighted by Crippen LogP contribution is -2.55. The summed E-state index contributed by atoms with van der Waals surface area (Å²) in [6.45, 7) is 3.47. The number of hydrogen-bond donors (Lipinski definition) is 1. The van der Waals surface area contributed by atoms with Gasteiger partial charge in [0.05, 0.1) is 17.7 Å². The Bertz CT molecular complexity index is 700. The first-order valence-corrected chi connectivity index (χ1v) is 8.23. The van der Waals surface area contributed by atoms with Gasteiger partial charge in [0.1, 0.15) is 23.1 Å². The standard InChI is InChI=1S/C16H16Cl2N2O4/c1-16(2)15(23-13(22)7-18)14(20-12(21)6-17)10-5-9(8-19)3-4-11(10)24-16/h3-5,14-15H,6-7H2,1-2H3,(H,20,21). The summed E-state index contributed by atoms with van der Waals surface area (Å²) < 4.78 is 11.3. The molecule has 0 fully saturated rings. The second-order valence-corrected chi connectivity index (χ2v) is 6.33. The smallest absolute Gasteiger partial charge is 0.321 e. The molecule has 0 radical (unpaired) electrons. The van der Waals surface area contributed by atoms with Crippen LogP contribution in [0, 0.1) is 11.3 Å². The van der Waals surface area contributed by atoms with Gasteiger partial charge in [-0.2, -0.15) is 5.26 Å². The van der Waals surface area contributed by atoms with Crippen LogP contribution in [0.5, 0.6) is 5.75 Å². The fourth-order valence-electron chi connectivity index (χ4n) is 2.61. The van der Waals surface area contributed by atoms with Gasteiger partial charge in [0, 0.05) is 5.56 Å². The number of rotatable bonds is 4. The fourth-order valence-corrected chi connectivity index (χ4v) is 2.75. The van der Waals surface area contributed by atoms with E-state index in [1.54, 1.807) is 32.0 Å². The molecule has 0 aliphatic carbocycles. The van der Waals surface area contributed by atoms with Crippen molar-refractivity contribution in [3.63, 3.8) is 0 Å². The Kier molecular flexibility index (Phi) is 5.58. The third-order valence-electron chi connectivity index (χ3n) is 3.64. The molecule has 2 atom stereocenters. The van der Waals surface area contributed by atoms with Gasteiger partial charge in [-0.15, -0.1) is 23.2 Å². The molecule has 0 bridgehead atoms. The summed E-state index contributed by atoms with van der Waals surface area (Å²) in [6, 6.07) is 6.16. The number of nitrogens with one attached hydrogen (secondary N) is 1. The third-order valence-corrected chi connectivity index (χ3v) is 4.10. The maximum atomic E-state index is 11.8. The fraction of sp³-hybridized carbons (Fsp3) is 0.438. The van der Waals surface area contributed by atoms with Crippen molar-refractivity contribution in [2.24, 2.45) is 0 Å². The molecule has 0 saturated carbocycles. The minimum atomic E-state index is -0.923. The van der Waals surface area contributed by atoms with Crippen LogP contribution in [-0.4, -0.2) is 35.3 Å². The maximum Gasteiger partial charge on any atom is 0.321 e. The third kappa shape index (κ3) is 3.74. The van der Waals surface area contributed by atoms with Crippen LogP contribution in [0.3, 0.4) is 0 Å². The molecule has 1 N–H and O–H groups in total. The minimum absolute atomic E-state index is 0.249. The molecule has 128 valence electrons. The Morgan fingerprint density at radius 2 is 2.08 bits per heavy atom. The Hall–Kier alpha value is -1.97. The zero-order chi connectivity index (χ0) is 17.9. The number of benzene rings is 1. The summed E-state index contributed by atoms with van der Waals surface area (Å²) in [4.78, 5) is 23.5. The molecular weight excluding hydrogens is 355 g/mol. The predicted octanol–water partition coefficient (Wildman–Crippen LogP) is 2.28. The number of hydrogen-bond acceptors (Lipinski definition) is 5. The summed E-state index contributed by atoms with van der Waals surface area (Å²) in [5.74, 6) is -1.14. The molecular formula is C16H16Cl2N2O4. The Morgan fingerprint density at radius 1 is 1.38 bits per heavy atom. The molecule has 24 heavy (non-hydrogen) atoms. The highest BCUT2D eigenvalue weighted by Gasteiger charge is 2.47. The van der Waals surface area contributed by atoms with Crippen molar-refractivity contribution in [3.05, 3.63) is 29.3 Å². The van der Waals surface area contributed by atoms with Crippen molar-refractivity contribution in [2.75, 3.05) is 11.8 Å². The van der Waals surface area contributed by atoms with E-state index in [1.807, 2.05) is 6.07 Å². The van der Waals surface area contributed by atoms with Gasteiger partial charge in [-0.3, -0.25) is 9.59 Å². The summed E-state index contributed by atoms with van der Waals surface area (Å²) in [6.07, 6.45) is -0.836. The van der Waals surface area contributed by atoms with Gasteiger partial charge in [-0.05, 0) is 32.0 Å². The molecule has 2 rings (SSSR count). The summed E-state index contributed by atoms with van der Waals surface area (Å²) in [5.41, 5.74) is 0.0106. The van der Waals surface area contributed by atoms with Crippen LogP contribution < -0.4 is 10.1 Å². The van der Waals surface area contributed by atoms with E-state index in [0.717, 1.165) is 0 Å². The largest absolute Gasteiger partial charge is 0.484 e. The molecule has 1 amide bonds. The first-order chi connectivity index (χ1) is 11.3. The van der Waals surface area contributed by atoms with E-state index in [9.17, 15) is 9.59 Å². The Labute approximate surface area is 149 Å². The van der Waals surface area contributed by atoms with Crippen molar-refractivity contribution in [2.45, 2.75) is 31.6 Å². The highest BCUT2D eigenvalue weighted by Crippen LogP contribution is 2.41. The number of carbonyl (C=O) groups is 2. The van der Waals surface area contributed by atoms with Crippen molar-refractivity contribution < 1.29 is 19.1 Å². The van der Waals surface area contributed by atoms with Gasteiger partial charge < -0.3 is 14.8 Å². The van der Waals surface area contributed by atoms with Crippen molar-refractivity contribution in [1.29, 1.82) is 5.26 Å². The average molecular weight is 371 g/mol. The van der Waals surface area contributed by atoms with Crippen molar-refractivity contribution >= 4 is 35.1 Å². The maximum absolute atomic E-state index is 11.8. The second-order valence-electron chi connectivity index (χ2n) is 5.79. The monoisotopic (exact) mass is 370 g/mol. The average Bonchev–Trinajstić information content (AvgIpc) is 2.56. The van der Waals surface area contributed by atoms with E-state index in [4.69, 9.17) is 37.9 Å². The molecule has 2 unspecified atom stereocenters. The van der Waals surface area contributed by atoms with E-state index < -0.39 is 29.6 Å². The predicted molar refractivity (Wildman–Crippen MR) is 88.1 cm³/mol. The van der Waals surface area contributed by atoms with Gasteiger partial charge >= 0.3 is 5.97 Å². The number of amides is 1. The topological polar surface area (TPSA) is 88.4 Å². The molecule has 0 spiro atoms. The first-order valence-electron chi connectivity index (χ1n) is 7.16. The number of ether oxygens (including phenoxy) is 2. The number of nitrogens with zero attached hydrogens (tertiary/aromatic N) is 1. The van der Waals surface area contributed by atoms with Crippen molar-refractivity contribution in [3.8, 4) is 11.8 Å². The summed E-state index contributed by atoms with van der Waals surface area (Å²) in [7, 11) is 0. The van der Waals surface area contributed by atoms with Crippen LogP contribution >= 0.6 is 23.2 Å². The Morgan fingerprint density at radius 3 is 2.67 bits per heavy atom. The molecule has 1 heterocycles. The molecule has 6 nitrogen and oxygen atoms in total. The van der Waals surface area contributed by atoms with E-state index in [0.29, 0.717) is 16.9 Å². The minimum Gasteiger partial charge on any atom is -0.484 e. The van der Waals surface area contributed by atoms with E-state index >= 15 is 0 Å². The molecule has 1 aromatic rings. The van der Waals surface area contributed by atoms with E-state index in [-0.39, 0.29) is 11.8 Å². The lowest BCUT2D eigenvalue weighted by molar-refractivity contribution is -0.163. The van der Waals surface area contributed by atoms with Crippen LogP contribution in [0.25, 0.3) is 0 Å².